The molecule has 110 valence electrons. The van der Waals surface area contributed by atoms with Crippen molar-refractivity contribution in [1.29, 1.82) is 0 Å². The number of nitrogens with one attached hydrogen (secondary N) is 1. The van der Waals surface area contributed by atoms with Gasteiger partial charge in [0, 0.05) is 34.6 Å². The van der Waals surface area contributed by atoms with Crippen molar-refractivity contribution in [1.82, 2.24) is 5.32 Å². The van der Waals surface area contributed by atoms with Crippen LogP contribution in [0.3, 0.4) is 0 Å². The molecule has 7 heteroatoms. The first kappa shape index (κ1) is 16.9. The summed E-state index contributed by atoms with van der Waals surface area (Å²) in [6, 6.07) is 4.20. The molecule has 0 aliphatic heterocycles. The van der Waals surface area contributed by atoms with Gasteiger partial charge in [-0.1, -0.05) is 28.8 Å². The molecule has 0 unspecified atom stereocenters. The minimum atomic E-state index is -0.520. The van der Waals surface area contributed by atoms with Gasteiger partial charge in [0.05, 0.1) is 4.92 Å². The minimum absolute atomic E-state index is 0.105. The van der Waals surface area contributed by atoms with Crippen molar-refractivity contribution in [3.63, 3.8) is 0 Å². The maximum atomic E-state index is 11.9. The number of unbranched alkanes of at least 4 members (excludes halogenated alkanes) is 3. The lowest BCUT2D eigenvalue weighted by Crippen LogP contribution is -2.24. The van der Waals surface area contributed by atoms with E-state index in [4.69, 9.17) is 11.6 Å². The summed E-state index contributed by atoms with van der Waals surface area (Å²) >= 11 is 8.73. The maximum Gasteiger partial charge on any atom is 0.271 e. The zero-order valence-corrected chi connectivity index (χ0v) is 13.2. The summed E-state index contributed by atoms with van der Waals surface area (Å²) in [5, 5.41) is 13.5. The van der Waals surface area contributed by atoms with Gasteiger partial charge in [0.25, 0.3) is 11.6 Å². The number of carbonyl (C=O) groups is 1. The van der Waals surface area contributed by atoms with Gasteiger partial charge in [-0.25, -0.2) is 0 Å². The second-order valence-electron chi connectivity index (χ2n) is 4.31. The van der Waals surface area contributed by atoms with Gasteiger partial charge >= 0.3 is 0 Å². The molecule has 0 radical (unpaired) electrons. The number of alkyl halides is 1. The van der Waals surface area contributed by atoms with E-state index in [-0.39, 0.29) is 17.2 Å². The van der Waals surface area contributed by atoms with Crippen molar-refractivity contribution in [2.45, 2.75) is 25.7 Å². The molecular weight excluding hydrogens is 348 g/mol. The van der Waals surface area contributed by atoms with Gasteiger partial charge in [-0.15, -0.1) is 11.6 Å². The van der Waals surface area contributed by atoms with Crippen molar-refractivity contribution in [2.75, 3.05) is 12.4 Å². The fourth-order valence-electron chi connectivity index (χ4n) is 1.69. The first-order chi connectivity index (χ1) is 9.54. The summed E-state index contributed by atoms with van der Waals surface area (Å²) < 4.78 is 0.513. The van der Waals surface area contributed by atoms with E-state index in [0.29, 0.717) is 16.9 Å². The number of halogens is 2. The molecule has 0 aliphatic carbocycles. The van der Waals surface area contributed by atoms with E-state index in [1.54, 1.807) is 6.07 Å². The fraction of sp³-hybridized carbons (Fsp3) is 0.462. The third-order valence-corrected chi connectivity index (χ3v) is 3.43. The number of hydrogen-bond donors (Lipinski definition) is 1. The first-order valence-corrected chi connectivity index (χ1v) is 7.66. The molecule has 1 aromatic rings. The van der Waals surface area contributed by atoms with Crippen LogP contribution in [0, 0.1) is 10.1 Å². The number of nitrogens with zero attached hydrogens (tertiary/aromatic N) is 1. The Labute approximate surface area is 131 Å². The summed E-state index contributed by atoms with van der Waals surface area (Å²) in [6.07, 6.45) is 3.90. The average Bonchev–Trinajstić information content (AvgIpc) is 2.41. The Balaban J connectivity index is 2.49. The van der Waals surface area contributed by atoms with Crippen LogP contribution >= 0.6 is 27.5 Å². The smallest absolute Gasteiger partial charge is 0.271 e. The molecule has 0 saturated carbocycles. The van der Waals surface area contributed by atoms with Crippen LogP contribution in [-0.4, -0.2) is 23.3 Å². The lowest BCUT2D eigenvalue weighted by Gasteiger charge is -2.05. The minimum Gasteiger partial charge on any atom is -0.352 e. The lowest BCUT2D eigenvalue weighted by molar-refractivity contribution is -0.385. The SMILES string of the molecule is O=C(NCCCCCCCl)c1cc(Br)cc([N+](=O)[O-])c1. The summed E-state index contributed by atoms with van der Waals surface area (Å²) in [5.74, 6) is 0.361. The van der Waals surface area contributed by atoms with E-state index in [9.17, 15) is 14.9 Å². The molecule has 0 spiro atoms. The van der Waals surface area contributed by atoms with Gasteiger partial charge in [0.15, 0.2) is 0 Å². The second kappa shape index (κ2) is 8.92. The van der Waals surface area contributed by atoms with Crippen molar-refractivity contribution in [3.8, 4) is 0 Å². The number of amides is 1. The quantitative estimate of drug-likeness (QED) is 0.330. The normalized spacial score (nSPS) is 10.3. The van der Waals surface area contributed by atoms with E-state index >= 15 is 0 Å². The van der Waals surface area contributed by atoms with Crippen LogP contribution in [0.25, 0.3) is 0 Å². The molecule has 0 bridgehead atoms. The van der Waals surface area contributed by atoms with Crippen LogP contribution in [0.15, 0.2) is 22.7 Å². The number of nitro groups is 1. The van der Waals surface area contributed by atoms with Crippen molar-refractivity contribution in [2.24, 2.45) is 0 Å². The second-order valence-corrected chi connectivity index (χ2v) is 5.61. The molecule has 0 aromatic heterocycles. The van der Waals surface area contributed by atoms with Crippen LogP contribution in [0.5, 0.6) is 0 Å². The molecule has 20 heavy (non-hydrogen) atoms. The fourth-order valence-corrected chi connectivity index (χ4v) is 2.36. The standard InChI is InChI=1S/C13H16BrClN2O3/c14-11-7-10(8-12(9-11)17(19)20)13(18)16-6-4-2-1-3-5-15/h7-9H,1-6H2,(H,16,18). The molecule has 1 amide bonds. The molecule has 0 heterocycles. The first-order valence-electron chi connectivity index (χ1n) is 6.33. The Morgan fingerprint density at radius 3 is 2.60 bits per heavy atom. The lowest BCUT2D eigenvalue weighted by atomic mass is 10.1. The van der Waals surface area contributed by atoms with Gasteiger partial charge < -0.3 is 5.32 Å². The zero-order chi connectivity index (χ0) is 15.0. The highest BCUT2D eigenvalue weighted by Gasteiger charge is 2.13. The van der Waals surface area contributed by atoms with Crippen LogP contribution < -0.4 is 5.32 Å². The summed E-state index contributed by atoms with van der Waals surface area (Å²) in [5.41, 5.74) is 0.179. The van der Waals surface area contributed by atoms with Gasteiger partial charge in [0.2, 0.25) is 0 Å². The predicted octanol–water partition coefficient (Wildman–Crippen LogP) is 3.89. The summed E-state index contributed by atoms with van der Waals surface area (Å²) in [7, 11) is 0. The predicted molar refractivity (Wildman–Crippen MR) is 82.3 cm³/mol. The van der Waals surface area contributed by atoms with Crippen LogP contribution in [-0.2, 0) is 0 Å². The molecule has 1 N–H and O–H groups in total. The van der Waals surface area contributed by atoms with Crippen molar-refractivity contribution in [3.05, 3.63) is 38.3 Å². The van der Waals surface area contributed by atoms with E-state index in [1.807, 2.05) is 0 Å². The highest BCUT2D eigenvalue weighted by Crippen LogP contribution is 2.21. The third-order valence-electron chi connectivity index (χ3n) is 2.70. The monoisotopic (exact) mass is 362 g/mol. The molecule has 0 fully saturated rings. The summed E-state index contributed by atoms with van der Waals surface area (Å²) in [6.45, 7) is 0.557. The average molecular weight is 364 g/mol. The van der Waals surface area contributed by atoms with E-state index in [1.165, 1.54) is 12.1 Å². The number of carbonyl (C=O) groups excluding carboxylic acids is 1. The highest BCUT2D eigenvalue weighted by molar-refractivity contribution is 9.10. The zero-order valence-electron chi connectivity index (χ0n) is 10.9. The van der Waals surface area contributed by atoms with Crippen LogP contribution in [0.1, 0.15) is 36.0 Å². The Morgan fingerprint density at radius 2 is 1.95 bits per heavy atom. The summed E-state index contributed by atoms with van der Waals surface area (Å²) in [4.78, 5) is 22.1. The molecule has 0 atom stereocenters. The number of rotatable bonds is 8. The van der Waals surface area contributed by atoms with Crippen LogP contribution in [0.4, 0.5) is 5.69 Å². The maximum absolute atomic E-state index is 11.9. The third kappa shape index (κ3) is 5.88. The van der Waals surface area contributed by atoms with Gasteiger partial charge in [-0.05, 0) is 18.9 Å². The highest BCUT2D eigenvalue weighted by atomic mass is 79.9. The van der Waals surface area contributed by atoms with Crippen molar-refractivity contribution < 1.29 is 9.72 Å². The molecule has 1 rings (SSSR count). The molecule has 0 aliphatic rings. The molecule has 5 nitrogen and oxygen atoms in total. The Hall–Kier alpha value is -1.14. The van der Waals surface area contributed by atoms with Gasteiger partial charge in [0.1, 0.15) is 0 Å². The Morgan fingerprint density at radius 1 is 1.25 bits per heavy atom. The topological polar surface area (TPSA) is 72.2 Å². The van der Waals surface area contributed by atoms with E-state index < -0.39 is 4.92 Å². The number of hydrogen-bond acceptors (Lipinski definition) is 3. The van der Waals surface area contributed by atoms with E-state index in [0.717, 1.165) is 25.7 Å². The van der Waals surface area contributed by atoms with E-state index in [2.05, 4.69) is 21.2 Å². The van der Waals surface area contributed by atoms with Gasteiger partial charge in [-0.2, -0.15) is 0 Å². The molecule has 0 saturated heterocycles. The largest absolute Gasteiger partial charge is 0.352 e. The van der Waals surface area contributed by atoms with Crippen molar-refractivity contribution >= 4 is 39.1 Å². The number of non-ortho nitro benzene ring substituents is 1. The molecular formula is C13H16BrClN2O3. The Bertz CT molecular complexity index is 483. The molecule has 1 aromatic carbocycles. The van der Waals surface area contributed by atoms with Crippen LogP contribution in [0.2, 0.25) is 0 Å². The number of nitro benzene ring substituents is 1. The van der Waals surface area contributed by atoms with Gasteiger partial charge in [-0.3, -0.25) is 14.9 Å². The number of benzene rings is 1. The Kier molecular flexibility index (Phi) is 7.54.